The van der Waals surface area contributed by atoms with Crippen LogP contribution in [-0.4, -0.2) is 21.0 Å². The number of carbonyl (C=O) groups is 1. The molecular formula is C14H16N2O2. The second-order valence-electron chi connectivity index (χ2n) is 4.68. The largest absolute Gasteiger partial charge is 0.476 e. The molecule has 0 saturated carbocycles. The molecule has 0 aliphatic carbocycles. The van der Waals surface area contributed by atoms with Crippen molar-refractivity contribution in [3.8, 4) is 11.4 Å². The number of aromatic nitrogens is 2. The van der Waals surface area contributed by atoms with Gasteiger partial charge in [-0.2, -0.15) is 0 Å². The zero-order valence-corrected chi connectivity index (χ0v) is 10.7. The summed E-state index contributed by atoms with van der Waals surface area (Å²) in [6.45, 7) is 5.88. The minimum atomic E-state index is -0.992. The second-order valence-corrected chi connectivity index (χ2v) is 4.68. The number of benzene rings is 1. The van der Waals surface area contributed by atoms with E-state index < -0.39 is 5.97 Å². The molecule has 0 bridgehead atoms. The maximum Gasteiger partial charge on any atom is 0.356 e. The molecular weight excluding hydrogens is 228 g/mol. The summed E-state index contributed by atoms with van der Waals surface area (Å²) in [4.78, 5) is 18.5. The van der Waals surface area contributed by atoms with E-state index in [1.807, 2.05) is 45.0 Å². The maximum absolute atomic E-state index is 11.2. The van der Waals surface area contributed by atoms with Crippen LogP contribution in [0.5, 0.6) is 0 Å². The first-order valence-corrected chi connectivity index (χ1v) is 5.89. The van der Waals surface area contributed by atoms with Gasteiger partial charge in [0.1, 0.15) is 5.82 Å². The molecule has 1 heterocycles. The van der Waals surface area contributed by atoms with E-state index >= 15 is 0 Å². The summed E-state index contributed by atoms with van der Waals surface area (Å²) >= 11 is 0. The molecule has 4 nitrogen and oxygen atoms in total. The van der Waals surface area contributed by atoms with Crippen molar-refractivity contribution in [2.45, 2.75) is 26.7 Å². The molecule has 0 aliphatic rings. The molecule has 0 saturated heterocycles. The van der Waals surface area contributed by atoms with Gasteiger partial charge in [0, 0.05) is 5.56 Å². The van der Waals surface area contributed by atoms with Crippen LogP contribution in [-0.2, 0) is 0 Å². The van der Waals surface area contributed by atoms with Gasteiger partial charge in [-0.15, -0.1) is 0 Å². The molecule has 0 amide bonds. The number of imidazole rings is 1. The van der Waals surface area contributed by atoms with Gasteiger partial charge in [0.2, 0.25) is 0 Å². The summed E-state index contributed by atoms with van der Waals surface area (Å²) < 4.78 is 0. The fourth-order valence-electron chi connectivity index (χ4n) is 1.90. The summed E-state index contributed by atoms with van der Waals surface area (Å²) in [5.74, 6) is -0.282. The fraction of sp³-hybridized carbons (Fsp3) is 0.286. The Balaban J connectivity index is 2.53. The Morgan fingerprint density at radius 3 is 2.61 bits per heavy atom. The smallest absolute Gasteiger partial charge is 0.356 e. The topological polar surface area (TPSA) is 66.0 Å². The van der Waals surface area contributed by atoms with Gasteiger partial charge in [0.25, 0.3) is 0 Å². The van der Waals surface area contributed by atoms with Gasteiger partial charge in [-0.3, -0.25) is 0 Å². The highest BCUT2D eigenvalue weighted by Gasteiger charge is 2.19. The molecule has 0 fully saturated rings. The van der Waals surface area contributed by atoms with Crippen LogP contribution >= 0.6 is 0 Å². The van der Waals surface area contributed by atoms with Crippen molar-refractivity contribution in [2.24, 2.45) is 0 Å². The predicted molar refractivity (Wildman–Crippen MR) is 69.8 cm³/mol. The molecule has 1 aromatic carbocycles. The number of H-pyrrole nitrogens is 1. The Morgan fingerprint density at radius 2 is 2.11 bits per heavy atom. The molecule has 4 heteroatoms. The van der Waals surface area contributed by atoms with Gasteiger partial charge in [0.15, 0.2) is 5.69 Å². The molecule has 0 unspecified atom stereocenters. The van der Waals surface area contributed by atoms with Crippen molar-refractivity contribution in [1.29, 1.82) is 0 Å². The number of aryl methyl sites for hydroxylation is 1. The molecule has 0 aliphatic heterocycles. The van der Waals surface area contributed by atoms with Gasteiger partial charge in [-0.25, -0.2) is 9.78 Å². The lowest BCUT2D eigenvalue weighted by molar-refractivity contribution is 0.0689. The maximum atomic E-state index is 11.2. The summed E-state index contributed by atoms with van der Waals surface area (Å²) in [5.41, 5.74) is 2.80. The number of hydrogen-bond acceptors (Lipinski definition) is 2. The molecule has 2 rings (SSSR count). The average molecular weight is 244 g/mol. The zero-order chi connectivity index (χ0) is 13.3. The molecule has 0 radical (unpaired) electrons. The Labute approximate surface area is 106 Å². The molecule has 18 heavy (non-hydrogen) atoms. The zero-order valence-electron chi connectivity index (χ0n) is 10.7. The summed E-state index contributed by atoms with van der Waals surface area (Å²) in [6, 6.07) is 7.83. The van der Waals surface area contributed by atoms with Crippen molar-refractivity contribution in [1.82, 2.24) is 9.97 Å². The molecule has 0 spiro atoms. The second kappa shape index (κ2) is 4.64. The third-order valence-corrected chi connectivity index (χ3v) is 2.80. The number of nitrogens with one attached hydrogen (secondary N) is 1. The van der Waals surface area contributed by atoms with E-state index in [0.29, 0.717) is 11.5 Å². The first-order valence-electron chi connectivity index (χ1n) is 5.89. The number of nitrogens with zero attached hydrogens (tertiary/aromatic N) is 1. The van der Waals surface area contributed by atoms with E-state index in [1.54, 1.807) is 0 Å². The summed E-state index contributed by atoms with van der Waals surface area (Å²) in [7, 11) is 0. The number of carboxylic acids is 1. The van der Waals surface area contributed by atoms with E-state index in [-0.39, 0.29) is 11.6 Å². The van der Waals surface area contributed by atoms with Crippen LogP contribution in [0.15, 0.2) is 24.3 Å². The molecule has 2 N–H and O–H groups in total. The predicted octanol–water partition coefficient (Wildman–Crippen LogP) is 3.21. The highest BCUT2D eigenvalue weighted by atomic mass is 16.4. The lowest BCUT2D eigenvalue weighted by Gasteiger charge is -2.01. The van der Waals surface area contributed by atoms with Crippen LogP contribution in [0.4, 0.5) is 0 Å². The van der Waals surface area contributed by atoms with Crippen LogP contribution in [0.1, 0.15) is 41.5 Å². The first-order chi connectivity index (χ1) is 8.49. The first kappa shape index (κ1) is 12.4. The average Bonchev–Trinajstić information content (AvgIpc) is 2.73. The van der Waals surface area contributed by atoms with Crippen molar-refractivity contribution in [2.75, 3.05) is 0 Å². The highest BCUT2D eigenvalue weighted by Crippen LogP contribution is 2.23. The van der Waals surface area contributed by atoms with Gasteiger partial charge >= 0.3 is 5.97 Å². The number of aromatic carboxylic acids is 1. The Kier molecular flexibility index (Phi) is 3.19. The molecule has 1 aromatic heterocycles. The minimum absolute atomic E-state index is 0.0992. The monoisotopic (exact) mass is 244 g/mol. The number of hydrogen-bond donors (Lipinski definition) is 2. The highest BCUT2D eigenvalue weighted by molar-refractivity contribution is 5.88. The third-order valence-electron chi connectivity index (χ3n) is 2.80. The van der Waals surface area contributed by atoms with Crippen LogP contribution < -0.4 is 0 Å². The van der Waals surface area contributed by atoms with Crippen LogP contribution in [0.25, 0.3) is 11.4 Å². The lowest BCUT2D eigenvalue weighted by atomic mass is 10.1. The van der Waals surface area contributed by atoms with Crippen molar-refractivity contribution >= 4 is 5.97 Å². The Hall–Kier alpha value is -2.10. The fourth-order valence-corrected chi connectivity index (χ4v) is 1.90. The number of aromatic amines is 1. The van der Waals surface area contributed by atoms with Gasteiger partial charge < -0.3 is 10.1 Å². The molecule has 94 valence electrons. The third kappa shape index (κ3) is 2.27. The Bertz CT molecular complexity index is 585. The SMILES string of the molecule is Cc1cccc(-c2nc(C(=O)O)c(C(C)C)[nH]2)c1. The summed E-state index contributed by atoms with van der Waals surface area (Å²) in [5, 5.41) is 9.15. The van der Waals surface area contributed by atoms with Gasteiger partial charge in [-0.05, 0) is 18.9 Å². The quantitative estimate of drug-likeness (QED) is 0.871. The van der Waals surface area contributed by atoms with E-state index in [4.69, 9.17) is 5.11 Å². The van der Waals surface area contributed by atoms with E-state index in [2.05, 4.69) is 9.97 Å². The van der Waals surface area contributed by atoms with Crippen LogP contribution in [0.3, 0.4) is 0 Å². The Morgan fingerprint density at radius 1 is 1.39 bits per heavy atom. The van der Waals surface area contributed by atoms with Crippen molar-refractivity contribution in [3.05, 3.63) is 41.2 Å². The van der Waals surface area contributed by atoms with E-state index in [0.717, 1.165) is 11.1 Å². The summed E-state index contributed by atoms with van der Waals surface area (Å²) in [6.07, 6.45) is 0. The van der Waals surface area contributed by atoms with Crippen molar-refractivity contribution in [3.63, 3.8) is 0 Å². The molecule has 2 aromatic rings. The van der Waals surface area contributed by atoms with Gasteiger partial charge in [0.05, 0.1) is 5.69 Å². The lowest BCUT2D eigenvalue weighted by Crippen LogP contribution is -2.02. The normalized spacial score (nSPS) is 10.9. The van der Waals surface area contributed by atoms with Crippen LogP contribution in [0, 0.1) is 6.92 Å². The molecule has 0 atom stereocenters. The van der Waals surface area contributed by atoms with Gasteiger partial charge in [-0.1, -0.05) is 37.6 Å². The van der Waals surface area contributed by atoms with E-state index in [9.17, 15) is 4.79 Å². The minimum Gasteiger partial charge on any atom is -0.476 e. The van der Waals surface area contributed by atoms with E-state index in [1.165, 1.54) is 0 Å². The standard InChI is InChI=1S/C14H16N2O2/c1-8(2)11-12(14(17)18)16-13(15-11)10-6-4-5-9(3)7-10/h4-8H,1-3H3,(H,15,16)(H,17,18). The van der Waals surface area contributed by atoms with Crippen LogP contribution in [0.2, 0.25) is 0 Å². The number of carboxylic acid groups (broad SMARTS) is 1. The van der Waals surface area contributed by atoms with Crippen molar-refractivity contribution < 1.29 is 9.90 Å². The number of rotatable bonds is 3.